The summed E-state index contributed by atoms with van der Waals surface area (Å²) in [6.45, 7) is 4.36. The zero-order valence-corrected chi connectivity index (χ0v) is 10.6. The molecule has 0 amide bonds. The SMILES string of the molecule is CC1(C)CCCC(C(CC(=O)O)CC(=O)O)C1. The molecule has 1 rings (SSSR count). The van der Waals surface area contributed by atoms with Crippen LogP contribution in [0.25, 0.3) is 0 Å². The topological polar surface area (TPSA) is 74.6 Å². The summed E-state index contributed by atoms with van der Waals surface area (Å²) < 4.78 is 0. The molecule has 1 fully saturated rings. The zero-order chi connectivity index (χ0) is 13.1. The molecule has 1 aliphatic carbocycles. The Bertz CT molecular complexity index is 280. The van der Waals surface area contributed by atoms with Crippen molar-refractivity contribution in [2.24, 2.45) is 17.3 Å². The first kappa shape index (κ1) is 14.0. The number of hydrogen-bond acceptors (Lipinski definition) is 2. The summed E-state index contributed by atoms with van der Waals surface area (Å²) in [6.07, 6.45) is 4.09. The largest absolute Gasteiger partial charge is 0.481 e. The van der Waals surface area contributed by atoms with Gasteiger partial charge in [-0.2, -0.15) is 0 Å². The maximum absolute atomic E-state index is 10.8. The lowest BCUT2D eigenvalue weighted by atomic mass is 9.67. The minimum Gasteiger partial charge on any atom is -0.481 e. The summed E-state index contributed by atoms with van der Waals surface area (Å²) in [4.78, 5) is 21.6. The van der Waals surface area contributed by atoms with E-state index in [1.54, 1.807) is 0 Å². The maximum Gasteiger partial charge on any atom is 0.303 e. The standard InChI is InChI=1S/C13H22O4/c1-13(2)5-3-4-9(8-13)10(6-11(14)15)7-12(16)17/h9-10H,3-8H2,1-2H3,(H,14,15)(H,16,17). The molecule has 0 saturated heterocycles. The van der Waals surface area contributed by atoms with Gasteiger partial charge < -0.3 is 10.2 Å². The average molecular weight is 242 g/mol. The van der Waals surface area contributed by atoms with Crippen molar-refractivity contribution in [2.45, 2.75) is 52.4 Å². The first-order valence-corrected chi connectivity index (χ1v) is 6.24. The Morgan fingerprint density at radius 1 is 1.24 bits per heavy atom. The van der Waals surface area contributed by atoms with E-state index in [0.29, 0.717) is 0 Å². The summed E-state index contributed by atoms with van der Waals surface area (Å²) in [7, 11) is 0. The van der Waals surface area contributed by atoms with Crippen LogP contribution in [-0.2, 0) is 9.59 Å². The maximum atomic E-state index is 10.8. The second kappa shape index (κ2) is 5.52. The van der Waals surface area contributed by atoms with Crippen molar-refractivity contribution in [3.05, 3.63) is 0 Å². The lowest BCUT2D eigenvalue weighted by Crippen LogP contribution is -2.30. The van der Waals surface area contributed by atoms with Crippen molar-refractivity contribution in [3.8, 4) is 0 Å². The van der Waals surface area contributed by atoms with Gasteiger partial charge >= 0.3 is 11.9 Å². The number of rotatable bonds is 5. The number of carboxylic acids is 2. The monoisotopic (exact) mass is 242 g/mol. The molecule has 17 heavy (non-hydrogen) atoms. The predicted molar refractivity (Wildman–Crippen MR) is 63.7 cm³/mol. The van der Waals surface area contributed by atoms with Crippen LogP contribution >= 0.6 is 0 Å². The molecule has 0 aromatic heterocycles. The van der Waals surface area contributed by atoms with Crippen LogP contribution in [0, 0.1) is 17.3 Å². The highest BCUT2D eigenvalue weighted by Gasteiger charge is 2.34. The number of carbonyl (C=O) groups is 2. The minimum absolute atomic E-state index is 0.0208. The third-order valence-electron chi connectivity index (χ3n) is 3.78. The number of aliphatic carboxylic acids is 2. The highest BCUT2D eigenvalue weighted by atomic mass is 16.4. The first-order chi connectivity index (χ1) is 7.80. The van der Waals surface area contributed by atoms with Crippen molar-refractivity contribution < 1.29 is 19.8 Å². The van der Waals surface area contributed by atoms with E-state index >= 15 is 0 Å². The second-order valence-electron chi connectivity index (χ2n) is 5.98. The smallest absolute Gasteiger partial charge is 0.303 e. The third kappa shape index (κ3) is 4.75. The van der Waals surface area contributed by atoms with Crippen LogP contribution in [0.5, 0.6) is 0 Å². The fourth-order valence-corrected chi connectivity index (χ4v) is 3.01. The number of carboxylic acid groups (broad SMARTS) is 2. The Hall–Kier alpha value is -1.06. The molecule has 4 heteroatoms. The molecule has 0 bridgehead atoms. The van der Waals surface area contributed by atoms with Gasteiger partial charge in [-0.25, -0.2) is 0 Å². The normalized spacial score (nSPS) is 23.6. The van der Waals surface area contributed by atoms with Gasteiger partial charge in [-0.1, -0.05) is 26.7 Å². The van der Waals surface area contributed by atoms with Crippen LogP contribution in [0.1, 0.15) is 52.4 Å². The van der Waals surface area contributed by atoms with Gasteiger partial charge in [0.1, 0.15) is 0 Å². The van der Waals surface area contributed by atoms with Crippen LogP contribution in [-0.4, -0.2) is 22.2 Å². The Morgan fingerprint density at radius 3 is 2.18 bits per heavy atom. The van der Waals surface area contributed by atoms with Gasteiger partial charge in [-0.15, -0.1) is 0 Å². The van der Waals surface area contributed by atoms with Crippen LogP contribution < -0.4 is 0 Å². The van der Waals surface area contributed by atoms with E-state index in [2.05, 4.69) is 13.8 Å². The summed E-state index contributed by atoms with van der Waals surface area (Å²) in [5, 5.41) is 17.7. The summed E-state index contributed by atoms with van der Waals surface area (Å²) in [6, 6.07) is 0. The van der Waals surface area contributed by atoms with Crippen LogP contribution in [0.15, 0.2) is 0 Å². The summed E-state index contributed by atoms with van der Waals surface area (Å²) in [5.74, 6) is -1.75. The van der Waals surface area contributed by atoms with E-state index in [9.17, 15) is 9.59 Å². The molecular weight excluding hydrogens is 220 g/mol. The minimum atomic E-state index is -0.889. The van der Waals surface area contributed by atoms with E-state index in [1.165, 1.54) is 0 Å². The molecule has 2 N–H and O–H groups in total. The Balaban J connectivity index is 2.67. The summed E-state index contributed by atoms with van der Waals surface area (Å²) in [5.41, 5.74) is 0.220. The fourth-order valence-electron chi connectivity index (χ4n) is 3.01. The molecular formula is C13H22O4. The molecule has 1 saturated carbocycles. The lowest BCUT2D eigenvalue weighted by Gasteiger charge is -2.38. The van der Waals surface area contributed by atoms with E-state index in [0.717, 1.165) is 25.7 Å². The van der Waals surface area contributed by atoms with Gasteiger partial charge in [0.05, 0.1) is 0 Å². The Morgan fingerprint density at radius 2 is 1.76 bits per heavy atom. The molecule has 0 radical (unpaired) electrons. The van der Waals surface area contributed by atoms with E-state index in [-0.39, 0.29) is 30.1 Å². The van der Waals surface area contributed by atoms with Crippen molar-refractivity contribution >= 4 is 11.9 Å². The van der Waals surface area contributed by atoms with Crippen LogP contribution in [0.2, 0.25) is 0 Å². The average Bonchev–Trinajstić information content (AvgIpc) is 2.13. The van der Waals surface area contributed by atoms with Crippen LogP contribution in [0.3, 0.4) is 0 Å². The van der Waals surface area contributed by atoms with Crippen molar-refractivity contribution in [2.75, 3.05) is 0 Å². The van der Waals surface area contributed by atoms with Gasteiger partial charge in [-0.3, -0.25) is 9.59 Å². The molecule has 0 spiro atoms. The van der Waals surface area contributed by atoms with E-state index in [1.807, 2.05) is 0 Å². The van der Waals surface area contributed by atoms with Gasteiger partial charge in [0.15, 0.2) is 0 Å². The van der Waals surface area contributed by atoms with Gasteiger partial charge in [0.25, 0.3) is 0 Å². The molecule has 1 unspecified atom stereocenters. The quantitative estimate of drug-likeness (QED) is 0.777. The molecule has 0 aromatic rings. The van der Waals surface area contributed by atoms with Crippen molar-refractivity contribution in [3.63, 3.8) is 0 Å². The summed E-state index contributed by atoms with van der Waals surface area (Å²) >= 11 is 0. The van der Waals surface area contributed by atoms with Gasteiger partial charge in [0, 0.05) is 12.8 Å². The molecule has 1 aliphatic rings. The van der Waals surface area contributed by atoms with Crippen LogP contribution in [0.4, 0.5) is 0 Å². The zero-order valence-electron chi connectivity index (χ0n) is 10.6. The Labute approximate surface area is 102 Å². The fraction of sp³-hybridized carbons (Fsp3) is 0.846. The molecule has 4 nitrogen and oxygen atoms in total. The highest BCUT2D eigenvalue weighted by molar-refractivity contribution is 5.70. The van der Waals surface area contributed by atoms with Gasteiger partial charge in [0.2, 0.25) is 0 Å². The molecule has 0 aromatic carbocycles. The Kier molecular flexibility index (Phi) is 4.54. The van der Waals surface area contributed by atoms with Crippen molar-refractivity contribution in [1.29, 1.82) is 0 Å². The first-order valence-electron chi connectivity index (χ1n) is 6.24. The highest BCUT2D eigenvalue weighted by Crippen LogP contribution is 2.43. The molecule has 0 heterocycles. The molecule has 0 aliphatic heterocycles. The molecule has 1 atom stereocenters. The second-order valence-corrected chi connectivity index (χ2v) is 5.98. The van der Waals surface area contributed by atoms with Gasteiger partial charge in [-0.05, 0) is 30.1 Å². The molecule has 98 valence electrons. The predicted octanol–water partition coefficient (Wildman–Crippen LogP) is 2.77. The lowest BCUT2D eigenvalue weighted by molar-refractivity contribution is -0.142. The van der Waals surface area contributed by atoms with E-state index in [4.69, 9.17) is 10.2 Å². The van der Waals surface area contributed by atoms with E-state index < -0.39 is 11.9 Å². The third-order valence-corrected chi connectivity index (χ3v) is 3.78. The van der Waals surface area contributed by atoms with Crippen molar-refractivity contribution in [1.82, 2.24) is 0 Å². The number of hydrogen-bond donors (Lipinski definition) is 2.